The SMILES string of the molecule is CCOc1ccc(CC[NH2+][C@H]2CS(=O)(=O)C[C@@H]2O)cc1OCC. The average molecular weight is 344 g/mol. The molecule has 1 saturated heterocycles. The average Bonchev–Trinajstić information content (AvgIpc) is 2.74. The molecule has 0 radical (unpaired) electrons. The minimum atomic E-state index is -3.08. The first-order valence-corrected chi connectivity index (χ1v) is 9.87. The lowest BCUT2D eigenvalue weighted by atomic mass is 10.1. The van der Waals surface area contributed by atoms with Crippen LogP contribution in [-0.4, -0.2) is 56.9 Å². The van der Waals surface area contributed by atoms with E-state index in [9.17, 15) is 13.5 Å². The second-order valence-corrected chi connectivity index (χ2v) is 7.88. The summed E-state index contributed by atoms with van der Waals surface area (Å²) in [6.45, 7) is 5.73. The van der Waals surface area contributed by atoms with Crippen molar-refractivity contribution >= 4 is 9.84 Å². The predicted octanol–water partition coefficient (Wildman–Crippen LogP) is -0.252. The zero-order valence-electron chi connectivity index (χ0n) is 13.7. The molecule has 3 N–H and O–H groups in total. The summed E-state index contributed by atoms with van der Waals surface area (Å²) in [4.78, 5) is 0. The number of hydrogen-bond acceptors (Lipinski definition) is 5. The lowest BCUT2D eigenvalue weighted by Crippen LogP contribution is -2.93. The Labute approximate surface area is 137 Å². The van der Waals surface area contributed by atoms with Crippen LogP contribution in [0.5, 0.6) is 11.5 Å². The van der Waals surface area contributed by atoms with Gasteiger partial charge in [0.1, 0.15) is 17.9 Å². The minimum Gasteiger partial charge on any atom is -0.490 e. The summed E-state index contributed by atoms with van der Waals surface area (Å²) in [7, 11) is -3.08. The van der Waals surface area contributed by atoms with E-state index in [1.165, 1.54) is 0 Å². The van der Waals surface area contributed by atoms with Crippen molar-refractivity contribution in [3.63, 3.8) is 0 Å². The highest BCUT2D eigenvalue weighted by atomic mass is 32.2. The third kappa shape index (κ3) is 5.09. The third-order valence-corrected chi connectivity index (χ3v) is 5.62. The van der Waals surface area contributed by atoms with Gasteiger partial charge in [-0.2, -0.15) is 0 Å². The van der Waals surface area contributed by atoms with E-state index in [-0.39, 0.29) is 17.5 Å². The molecular weight excluding hydrogens is 318 g/mol. The lowest BCUT2D eigenvalue weighted by Gasteiger charge is -2.14. The number of hydrogen-bond donors (Lipinski definition) is 2. The third-order valence-electron chi connectivity index (χ3n) is 3.88. The molecule has 0 amide bonds. The lowest BCUT2D eigenvalue weighted by molar-refractivity contribution is -0.690. The maximum atomic E-state index is 11.5. The molecule has 0 aliphatic carbocycles. The van der Waals surface area contributed by atoms with Crippen molar-refractivity contribution in [1.29, 1.82) is 0 Å². The molecule has 2 atom stereocenters. The van der Waals surface area contributed by atoms with Crippen LogP contribution in [0.1, 0.15) is 19.4 Å². The van der Waals surface area contributed by atoms with Crippen LogP contribution in [0, 0.1) is 0 Å². The molecule has 0 unspecified atom stereocenters. The number of rotatable bonds is 8. The highest BCUT2D eigenvalue weighted by Gasteiger charge is 2.38. The highest BCUT2D eigenvalue weighted by molar-refractivity contribution is 7.91. The first kappa shape index (κ1) is 18.0. The predicted molar refractivity (Wildman–Crippen MR) is 87.7 cm³/mol. The van der Waals surface area contributed by atoms with Crippen LogP contribution < -0.4 is 14.8 Å². The minimum absolute atomic E-state index is 0.0572. The molecule has 6 nitrogen and oxygen atoms in total. The number of benzene rings is 1. The molecule has 0 saturated carbocycles. The van der Waals surface area contributed by atoms with Gasteiger partial charge in [-0.1, -0.05) is 6.07 Å². The van der Waals surface area contributed by atoms with Crippen molar-refractivity contribution in [2.75, 3.05) is 31.3 Å². The molecule has 2 rings (SSSR count). The molecule has 0 bridgehead atoms. The van der Waals surface area contributed by atoms with Gasteiger partial charge >= 0.3 is 0 Å². The molecule has 1 aliphatic heterocycles. The molecule has 0 aromatic heterocycles. The van der Waals surface area contributed by atoms with Crippen LogP contribution in [0.2, 0.25) is 0 Å². The van der Waals surface area contributed by atoms with Gasteiger partial charge in [0, 0.05) is 6.42 Å². The number of quaternary nitrogens is 1. The monoisotopic (exact) mass is 344 g/mol. The van der Waals surface area contributed by atoms with Crippen molar-refractivity contribution in [2.24, 2.45) is 0 Å². The Morgan fingerprint density at radius 2 is 1.87 bits per heavy atom. The molecule has 1 aromatic rings. The van der Waals surface area contributed by atoms with Gasteiger partial charge in [0.15, 0.2) is 21.3 Å². The Balaban J connectivity index is 1.91. The Kier molecular flexibility index (Phi) is 6.26. The van der Waals surface area contributed by atoms with Gasteiger partial charge in [-0.05, 0) is 31.5 Å². The number of aliphatic hydroxyl groups excluding tert-OH is 1. The molecule has 1 aromatic carbocycles. The van der Waals surface area contributed by atoms with E-state index in [0.29, 0.717) is 13.2 Å². The van der Waals surface area contributed by atoms with Gasteiger partial charge in [0.05, 0.1) is 25.5 Å². The van der Waals surface area contributed by atoms with E-state index in [1.54, 1.807) is 0 Å². The molecule has 1 heterocycles. The molecule has 0 spiro atoms. The molecule has 1 aliphatic rings. The van der Waals surface area contributed by atoms with Crippen molar-refractivity contribution in [3.05, 3.63) is 23.8 Å². The Morgan fingerprint density at radius 1 is 1.17 bits per heavy atom. The van der Waals surface area contributed by atoms with Gasteiger partial charge in [0.2, 0.25) is 0 Å². The smallest absolute Gasteiger partial charge is 0.161 e. The summed E-state index contributed by atoms with van der Waals surface area (Å²) >= 11 is 0. The van der Waals surface area contributed by atoms with Crippen molar-refractivity contribution < 1.29 is 28.3 Å². The van der Waals surface area contributed by atoms with Crippen molar-refractivity contribution in [2.45, 2.75) is 32.4 Å². The Morgan fingerprint density at radius 3 is 2.48 bits per heavy atom. The standard InChI is InChI=1S/C16H25NO5S/c1-3-21-15-6-5-12(9-16(15)22-4-2)7-8-17-13-10-23(19,20)11-14(13)18/h5-6,9,13-14,17-18H,3-4,7-8,10-11H2,1-2H3/p+1/t13-,14-/m0/s1. The zero-order chi connectivity index (χ0) is 16.9. The quantitative estimate of drug-likeness (QED) is 0.679. The summed E-state index contributed by atoms with van der Waals surface area (Å²) in [5.74, 6) is 1.41. The van der Waals surface area contributed by atoms with E-state index in [4.69, 9.17) is 9.47 Å². The van der Waals surface area contributed by atoms with Gasteiger partial charge in [-0.3, -0.25) is 0 Å². The summed E-state index contributed by atoms with van der Waals surface area (Å²) in [6.07, 6.45) is 0.00904. The van der Waals surface area contributed by atoms with Gasteiger partial charge in [-0.15, -0.1) is 0 Å². The topological polar surface area (TPSA) is 89.4 Å². The molecule has 23 heavy (non-hydrogen) atoms. The van der Waals surface area contributed by atoms with E-state index in [1.807, 2.05) is 37.4 Å². The molecule has 130 valence electrons. The highest BCUT2D eigenvalue weighted by Crippen LogP contribution is 2.28. The van der Waals surface area contributed by atoms with E-state index in [0.717, 1.165) is 30.0 Å². The van der Waals surface area contributed by atoms with Gasteiger partial charge < -0.3 is 19.9 Å². The summed E-state index contributed by atoms with van der Waals surface area (Å²) < 4.78 is 34.1. The fourth-order valence-corrected chi connectivity index (χ4v) is 4.64. The van der Waals surface area contributed by atoms with Crippen LogP contribution in [0.3, 0.4) is 0 Å². The Bertz CT molecular complexity index is 617. The molecular formula is C16H26NO5S+. The summed E-state index contributed by atoms with van der Waals surface area (Å²) in [5.41, 5.74) is 1.10. The molecule has 1 fully saturated rings. The van der Waals surface area contributed by atoms with Crippen LogP contribution in [0.15, 0.2) is 18.2 Å². The van der Waals surface area contributed by atoms with Crippen LogP contribution in [-0.2, 0) is 16.3 Å². The number of nitrogens with two attached hydrogens (primary N) is 1. The van der Waals surface area contributed by atoms with E-state index < -0.39 is 15.9 Å². The van der Waals surface area contributed by atoms with Crippen LogP contribution in [0.25, 0.3) is 0 Å². The fourth-order valence-electron chi connectivity index (χ4n) is 2.80. The second kappa shape index (κ2) is 7.99. The van der Waals surface area contributed by atoms with Crippen LogP contribution in [0.4, 0.5) is 0 Å². The second-order valence-electron chi connectivity index (χ2n) is 5.73. The number of ether oxygens (including phenoxy) is 2. The molecule has 7 heteroatoms. The van der Waals surface area contributed by atoms with E-state index >= 15 is 0 Å². The largest absolute Gasteiger partial charge is 0.490 e. The van der Waals surface area contributed by atoms with Crippen LogP contribution >= 0.6 is 0 Å². The van der Waals surface area contributed by atoms with Gasteiger partial charge in [-0.25, -0.2) is 8.42 Å². The maximum Gasteiger partial charge on any atom is 0.161 e. The first-order chi connectivity index (χ1) is 10.9. The normalized spacial score (nSPS) is 22.9. The van der Waals surface area contributed by atoms with Crippen molar-refractivity contribution in [1.82, 2.24) is 0 Å². The first-order valence-electron chi connectivity index (χ1n) is 8.05. The fraction of sp³-hybridized carbons (Fsp3) is 0.625. The summed E-state index contributed by atoms with van der Waals surface area (Å²) in [5, 5.41) is 11.7. The summed E-state index contributed by atoms with van der Waals surface area (Å²) in [6, 6.07) is 5.60. The van der Waals surface area contributed by atoms with Crippen molar-refractivity contribution in [3.8, 4) is 11.5 Å². The number of sulfone groups is 1. The van der Waals surface area contributed by atoms with Gasteiger partial charge in [0.25, 0.3) is 0 Å². The Hall–Kier alpha value is -1.31. The number of aliphatic hydroxyl groups is 1. The van der Waals surface area contributed by atoms with E-state index in [2.05, 4.69) is 0 Å². The maximum absolute atomic E-state index is 11.5. The zero-order valence-corrected chi connectivity index (χ0v) is 14.5.